The number of carbonyl (C=O) groups excluding carboxylic acids is 1. The van der Waals surface area contributed by atoms with Crippen LogP contribution in [0.3, 0.4) is 0 Å². The number of hydrogen-bond acceptors (Lipinski definition) is 2. The molecule has 0 radical (unpaired) electrons. The molecule has 9 atom stereocenters. The van der Waals surface area contributed by atoms with Gasteiger partial charge in [0.15, 0.2) is 8.32 Å². The molecule has 0 amide bonds. The Labute approximate surface area is 199 Å². The minimum atomic E-state index is -1.53. The summed E-state index contributed by atoms with van der Waals surface area (Å²) in [6.45, 7) is 18.5. The van der Waals surface area contributed by atoms with E-state index in [9.17, 15) is 4.79 Å². The fraction of sp³-hybridized carbons (Fsp3) is 0.897. The quantitative estimate of drug-likeness (QED) is 0.285. The van der Waals surface area contributed by atoms with E-state index in [1.165, 1.54) is 63.8 Å². The van der Waals surface area contributed by atoms with Crippen molar-refractivity contribution < 1.29 is 9.22 Å². The van der Waals surface area contributed by atoms with Crippen molar-refractivity contribution in [1.82, 2.24) is 0 Å². The summed E-state index contributed by atoms with van der Waals surface area (Å²) in [5.41, 5.74) is 0.661. The minimum Gasteiger partial charge on any atom is -0.414 e. The molecule has 4 rings (SSSR count). The molecule has 2 unspecified atom stereocenters. The van der Waals surface area contributed by atoms with Gasteiger partial charge in [0.25, 0.3) is 0 Å². The van der Waals surface area contributed by atoms with Crippen molar-refractivity contribution in [2.24, 2.45) is 46.3 Å². The number of fused-ring (bicyclic) bond motifs is 5. The lowest BCUT2D eigenvalue weighted by Gasteiger charge is -2.61. The first-order valence-electron chi connectivity index (χ1n) is 13.9. The second-order valence-corrected chi connectivity index (χ2v) is 17.6. The number of allylic oxidation sites excluding steroid dienone is 1. The number of Topliss-reactive ketones (excluding diaryl/α,β-unsaturated/α-hetero) is 1. The zero-order valence-electron chi connectivity index (χ0n) is 21.9. The number of hydrogen-bond donors (Lipinski definition) is 0. The molecule has 0 aliphatic heterocycles. The van der Waals surface area contributed by atoms with E-state index in [4.69, 9.17) is 4.43 Å². The molecule has 3 heteroatoms. The smallest absolute Gasteiger partial charge is 0.187 e. The Morgan fingerprint density at radius 1 is 1.12 bits per heavy atom. The van der Waals surface area contributed by atoms with Gasteiger partial charge in [-0.3, -0.25) is 4.79 Å². The summed E-state index contributed by atoms with van der Waals surface area (Å²) in [6.07, 6.45) is 15.1. The van der Waals surface area contributed by atoms with Crippen molar-refractivity contribution in [3.8, 4) is 0 Å². The molecule has 0 saturated heterocycles. The van der Waals surface area contributed by atoms with Crippen LogP contribution in [0, 0.1) is 46.3 Å². The van der Waals surface area contributed by atoms with Crippen LogP contribution in [0.15, 0.2) is 12.7 Å². The third kappa shape index (κ3) is 4.12. The molecule has 0 heterocycles. The Balaban J connectivity index is 1.47. The number of ketones is 1. The highest BCUT2D eigenvalue weighted by atomic mass is 28.4. The molecule has 4 fully saturated rings. The molecule has 4 saturated carbocycles. The van der Waals surface area contributed by atoms with Crippen molar-refractivity contribution in [1.29, 1.82) is 0 Å². The summed E-state index contributed by atoms with van der Waals surface area (Å²) in [4.78, 5) is 13.2. The summed E-state index contributed by atoms with van der Waals surface area (Å²) in [6, 6.07) is 1.31. The lowest BCUT2D eigenvalue weighted by atomic mass is 9.44. The van der Waals surface area contributed by atoms with Crippen LogP contribution < -0.4 is 0 Å². The van der Waals surface area contributed by atoms with Crippen LogP contribution in [0.25, 0.3) is 0 Å². The number of rotatable bonds is 7. The predicted octanol–water partition coefficient (Wildman–Crippen LogP) is 8.04. The maximum absolute atomic E-state index is 13.2. The van der Waals surface area contributed by atoms with Crippen LogP contribution in [-0.2, 0) is 9.22 Å². The standard InChI is InChI=1S/C29H50O2Si/c1-8-10-17-32(6,7)31-22-13-15-28(4)21(18-22)11-12-23-24(28)14-16-29(5)25(23)19-26(30)27(29)20(3)9-2/h9,20-25,27H,2,8,10-19H2,1,3-7H3/t20-,21?,22?,23-,24+,25+,27+,28+,29+/m1/s1. The van der Waals surface area contributed by atoms with E-state index >= 15 is 0 Å². The second-order valence-electron chi connectivity index (χ2n) is 13.3. The highest BCUT2D eigenvalue weighted by Crippen LogP contribution is 2.67. The summed E-state index contributed by atoms with van der Waals surface area (Å²) in [5, 5.41) is 0. The average molecular weight is 459 g/mol. The van der Waals surface area contributed by atoms with Crippen LogP contribution in [0.4, 0.5) is 0 Å². The Hall–Kier alpha value is -0.413. The van der Waals surface area contributed by atoms with E-state index < -0.39 is 8.32 Å². The maximum Gasteiger partial charge on any atom is 0.187 e. The van der Waals surface area contributed by atoms with E-state index in [2.05, 4.69) is 47.4 Å². The second kappa shape index (κ2) is 8.99. The Morgan fingerprint density at radius 2 is 1.84 bits per heavy atom. The first-order chi connectivity index (χ1) is 15.1. The Morgan fingerprint density at radius 3 is 2.53 bits per heavy atom. The van der Waals surface area contributed by atoms with Crippen molar-refractivity contribution in [2.45, 2.75) is 117 Å². The van der Waals surface area contributed by atoms with Crippen LogP contribution in [-0.4, -0.2) is 20.2 Å². The van der Waals surface area contributed by atoms with Crippen molar-refractivity contribution in [3.63, 3.8) is 0 Å². The lowest BCUT2D eigenvalue weighted by Crippen LogP contribution is -2.55. The van der Waals surface area contributed by atoms with E-state index in [1.807, 2.05) is 6.08 Å². The largest absolute Gasteiger partial charge is 0.414 e. The monoisotopic (exact) mass is 458 g/mol. The van der Waals surface area contributed by atoms with Gasteiger partial charge in [0.2, 0.25) is 0 Å². The van der Waals surface area contributed by atoms with Gasteiger partial charge in [-0.2, -0.15) is 0 Å². The topological polar surface area (TPSA) is 26.3 Å². The molecule has 32 heavy (non-hydrogen) atoms. The van der Waals surface area contributed by atoms with Crippen LogP contribution in [0.5, 0.6) is 0 Å². The van der Waals surface area contributed by atoms with Gasteiger partial charge in [-0.15, -0.1) is 6.58 Å². The van der Waals surface area contributed by atoms with Gasteiger partial charge in [-0.1, -0.05) is 46.6 Å². The molecule has 4 aliphatic rings. The van der Waals surface area contributed by atoms with Gasteiger partial charge >= 0.3 is 0 Å². The lowest BCUT2D eigenvalue weighted by molar-refractivity contribution is -0.129. The van der Waals surface area contributed by atoms with Gasteiger partial charge in [-0.05, 0) is 105 Å². The predicted molar refractivity (Wildman–Crippen MR) is 137 cm³/mol. The first-order valence-corrected chi connectivity index (χ1v) is 17.0. The first kappa shape index (κ1) is 24.7. The molecule has 182 valence electrons. The van der Waals surface area contributed by atoms with E-state index in [1.54, 1.807) is 0 Å². The normalized spacial score (nSPS) is 45.0. The highest BCUT2D eigenvalue weighted by molar-refractivity contribution is 6.71. The summed E-state index contributed by atoms with van der Waals surface area (Å²) in [7, 11) is -1.53. The number of carbonyl (C=O) groups is 1. The van der Waals surface area contributed by atoms with Gasteiger partial charge < -0.3 is 4.43 Å². The molecule has 0 N–H and O–H groups in total. The van der Waals surface area contributed by atoms with Crippen LogP contribution in [0.2, 0.25) is 19.1 Å². The zero-order valence-corrected chi connectivity index (χ0v) is 22.9. The summed E-state index contributed by atoms with van der Waals surface area (Å²) < 4.78 is 6.85. The molecule has 0 spiro atoms. The van der Waals surface area contributed by atoms with Gasteiger partial charge in [0, 0.05) is 18.4 Å². The van der Waals surface area contributed by atoms with Crippen molar-refractivity contribution in [2.75, 3.05) is 0 Å². The third-order valence-corrected chi connectivity index (χ3v) is 13.6. The van der Waals surface area contributed by atoms with Crippen molar-refractivity contribution >= 4 is 14.1 Å². The highest BCUT2D eigenvalue weighted by Gasteiger charge is 2.62. The molecule has 2 nitrogen and oxygen atoms in total. The molecular formula is C29H50O2Si. The van der Waals surface area contributed by atoms with Gasteiger partial charge in [0.05, 0.1) is 0 Å². The fourth-order valence-corrected chi connectivity index (χ4v) is 11.7. The molecule has 0 aromatic heterocycles. The van der Waals surface area contributed by atoms with Gasteiger partial charge in [-0.25, -0.2) is 0 Å². The molecule has 4 aliphatic carbocycles. The van der Waals surface area contributed by atoms with Crippen LogP contribution >= 0.6 is 0 Å². The average Bonchev–Trinajstić information content (AvgIpc) is 3.02. The van der Waals surface area contributed by atoms with Crippen molar-refractivity contribution in [3.05, 3.63) is 12.7 Å². The molecule has 0 aromatic rings. The Bertz CT molecular complexity index is 716. The summed E-state index contributed by atoms with van der Waals surface area (Å²) in [5.74, 6) is 4.06. The maximum atomic E-state index is 13.2. The zero-order chi connectivity index (χ0) is 23.3. The fourth-order valence-electron chi connectivity index (χ4n) is 9.30. The molecule has 0 bridgehead atoms. The van der Waals surface area contributed by atoms with E-state index in [0.717, 1.165) is 24.2 Å². The SMILES string of the molecule is C=C[C@@H](C)[C@H]1C(=O)C[C@H]2[C@@H]3CCC4CC(O[Si](C)(C)CCCC)CC[C@]4(C)[C@H]3CC[C@]12C. The Kier molecular flexibility index (Phi) is 6.94. The van der Waals surface area contributed by atoms with Gasteiger partial charge in [0.1, 0.15) is 5.78 Å². The molecule has 0 aromatic carbocycles. The minimum absolute atomic E-state index is 0.199. The van der Waals surface area contributed by atoms with E-state index in [-0.39, 0.29) is 11.3 Å². The van der Waals surface area contributed by atoms with Crippen LogP contribution in [0.1, 0.15) is 91.9 Å². The third-order valence-electron chi connectivity index (χ3n) is 11.0. The van der Waals surface area contributed by atoms with E-state index in [0.29, 0.717) is 29.1 Å². The summed E-state index contributed by atoms with van der Waals surface area (Å²) >= 11 is 0. The number of unbranched alkanes of at least 4 members (excludes halogenated alkanes) is 1. The molecular weight excluding hydrogens is 408 g/mol.